The molecule has 120 valence electrons. The Bertz CT molecular complexity index is 537. The standard InChI is InChI=1S/C17H25BO4/c1-12(10-15(19)20-6)13-8-7-9-14(11-13)18-21-16(2,3)17(4,5)22-18/h7-9,11-12H,10H2,1-6H3/t12-/m0/s1. The van der Waals surface area contributed by atoms with Gasteiger partial charge in [0.1, 0.15) is 0 Å². The van der Waals surface area contributed by atoms with Gasteiger partial charge in [-0.05, 0) is 44.6 Å². The van der Waals surface area contributed by atoms with Crippen molar-refractivity contribution in [2.45, 2.75) is 58.2 Å². The summed E-state index contributed by atoms with van der Waals surface area (Å²) in [6.07, 6.45) is 0.364. The molecule has 5 heteroatoms. The van der Waals surface area contributed by atoms with E-state index in [9.17, 15) is 4.79 Å². The fraction of sp³-hybridized carbons (Fsp3) is 0.588. The number of esters is 1. The molecule has 1 saturated heterocycles. The fourth-order valence-corrected chi connectivity index (χ4v) is 2.44. The van der Waals surface area contributed by atoms with E-state index in [-0.39, 0.29) is 30.2 Å². The number of methoxy groups -OCH3 is 1. The molecule has 0 unspecified atom stereocenters. The van der Waals surface area contributed by atoms with Crippen LogP contribution in [0.1, 0.15) is 52.5 Å². The van der Waals surface area contributed by atoms with Gasteiger partial charge in [0, 0.05) is 0 Å². The average molecular weight is 304 g/mol. The third-order valence-electron chi connectivity index (χ3n) is 4.71. The summed E-state index contributed by atoms with van der Waals surface area (Å²) in [7, 11) is 1.03. The SMILES string of the molecule is COC(=O)C[C@H](C)c1cccc(B2OC(C)(C)C(C)(C)O2)c1. The van der Waals surface area contributed by atoms with E-state index in [1.807, 2.05) is 52.8 Å². The molecule has 0 radical (unpaired) electrons. The lowest BCUT2D eigenvalue weighted by Gasteiger charge is -2.32. The van der Waals surface area contributed by atoms with Gasteiger partial charge in [-0.3, -0.25) is 4.79 Å². The van der Waals surface area contributed by atoms with Crippen molar-refractivity contribution >= 4 is 18.6 Å². The highest BCUT2D eigenvalue weighted by Gasteiger charge is 2.51. The maximum Gasteiger partial charge on any atom is 0.494 e. The minimum absolute atomic E-state index is 0.0924. The first-order chi connectivity index (χ1) is 10.2. The zero-order chi connectivity index (χ0) is 16.5. The molecule has 1 atom stereocenters. The summed E-state index contributed by atoms with van der Waals surface area (Å²) in [6, 6.07) is 8.04. The lowest BCUT2D eigenvalue weighted by molar-refractivity contribution is -0.140. The molecule has 1 fully saturated rings. The molecular weight excluding hydrogens is 279 g/mol. The number of carbonyl (C=O) groups excluding carboxylic acids is 1. The Kier molecular flexibility index (Phi) is 4.69. The highest BCUT2D eigenvalue weighted by atomic mass is 16.7. The van der Waals surface area contributed by atoms with E-state index in [1.165, 1.54) is 7.11 Å². The van der Waals surface area contributed by atoms with Crippen LogP contribution in [0.15, 0.2) is 24.3 Å². The first-order valence-corrected chi connectivity index (χ1v) is 7.68. The van der Waals surface area contributed by atoms with Gasteiger partial charge in [0.15, 0.2) is 0 Å². The zero-order valence-electron chi connectivity index (χ0n) is 14.3. The second-order valence-corrected chi connectivity index (χ2v) is 6.94. The van der Waals surface area contributed by atoms with Crippen LogP contribution in [0.3, 0.4) is 0 Å². The van der Waals surface area contributed by atoms with E-state index < -0.39 is 0 Å². The lowest BCUT2D eigenvalue weighted by Crippen LogP contribution is -2.41. The predicted octanol–water partition coefficient (Wildman–Crippen LogP) is 2.65. The summed E-state index contributed by atoms with van der Waals surface area (Å²) in [5.41, 5.74) is 1.35. The Morgan fingerprint density at radius 1 is 1.23 bits per heavy atom. The molecule has 0 aliphatic carbocycles. The largest absolute Gasteiger partial charge is 0.494 e. The maximum atomic E-state index is 11.4. The fourth-order valence-electron chi connectivity index (χ4n) is 2.44. The topological polar surface area (TPSA) is 44.8 Å². The first-order valence-electron chi connectivity index (χ1n) is 7.68. The molecule has 1 aliphatic rings. The smallest absolute Gasteiger partial charge is 0.469 e. The molecule has 1 heterocycles. The lowest BCUT2D eigenvalue weighted by atomic mass is 9.77. The van der Waals surface area contributed by atoms with Crippen molar-refractivity contribution in [1.82, 2.24) is 0 Å². The molecule has 0 amide bonds. The van der Waals surface area contributed by atoms with Crippen molar-refractivity contribution in [3.05, 3.63) is 29.8 Å². The van der Waals surface area contributed by atoms with Gasteiger partial charge in [-0.25, -0.2) is 0 Å². The molecule has 0 spiro atoms. The summed E-state index contributed by atoms with van der Waals surface area (Å²) >= 11 is 0. The van der Waals surface area contributed by atoms with Crippen molar-refractivity contribution in [3.8, 4) is 0 Å². The highest BCUT2D eigenvalue weighted by molar-refractivity contribution is 6.62. The van der Waals surface area contributed by atoms with Crippen LogP contribution in [-0.2, 0) is 18.8 Å². The normalized spacial score (nSPS) is 20.7. The van der Waals surface area contributed by atoms with E-state index in [0.717, 1.165) is 11.0 Å². The molecule has 4 nitrogen and oxygen atoms in total. The quantitative estimate of drug-likeness (QED) is 0.634. The van der Waals surface area contributed by atoms with E-state index >= 15 is 0 Å². The number of rotatable bonds is 4. The van der Waals surface area contributed by atoms with Crippen LogP contribution in [0.5, 0.6) is 0 Å². The molecule has 1 aromatic carbocycles. The third-order valence-corrected chi connectivity index (χ3v) is 4.71. The minimum atomic E-state index is -0.379. The summed E-state index contributed by atoms with van der Waals surface area (Å²) in [6.45, 7) is 10.2. The third kappa shape index (κ3) is 3.36. The molecule has 0 bridgehead atoms. The van der Waals surface area contributed by atoms with Gasteiger partial charge >= 0.3 is 13.1 Å². The summed E-state index contributed by atoms with van der Waals surface area (Å²) in [5, 5.41) is 0. The average Bonchev–Trinajstić information content (AvgIpc) is 2.67. The van der Waals surface area contributed by atoms with Crippen LogP contribution in [0.4, 0.5) is 0 Å². The molecule has 0 aromatic heterocycles. The monoisotopic (exact) mass is 304 g/mol. The zero-order valence-corrected chi connectivity index (χ0v) is 14.3. The van der Waals surface area contributed by atoms with Gasteiger partial charge < -0.3 is 14.0 Å². The van der Waals surface area contributed by atoms with Crippen LogP contribution in [0.25, 0.3) is 0 Å². The van der Waals surface area contributed by atoms with Crippen molar-refractivity contribution in [2.24, 2.45) is 0 Å². The molecule has 0 N–H and O–H groups in total. The molecule has 0 saturated carbocycles. The number of carbonyl (C=O) groups is 1. The summed E-state index contributed by atoms with van der Waals surface area (Å²) in [5.74, 6) is -0.108. The van der Waals surface area contributed by atoms with Gasteiger partial charge in [0.25, 0.3) is 0 Å². The van der Waals surface area contributed by atoms with E-state index in [2.05, 4.69) is 6.07 Å². The Morgan fingerprint density at radius 3 is 2.36 bits per heavy atom. The predicted molar refractivity (Wildman–Crippen MR) is 87.2 cm³/mol. The number of ether oxygens (including phenoxy) is 1. The number of hydrogen-bond acceptors (Lipinski definition) is 4. The van der Waals surface area contributed by atoms with Gasteiger partial charge in [0.2, 0.25) is 0 Å². The van der Waals surface area contributed by atoms with Crippen LogP contribution in [0.2, 0.25) is 0 Å². The molecule has 22 heavy (non-hydrogen) atoms. The molecule has 1 aromatic rings. The van der Waals surface area contributed by atoms with E-state index in [4.69, 9.17) is 14.0 Å². The maximum absolute atomic E-state index is 11.4. The van der Waals surface area contributed by atoms with E-state index in [0.29, 0.717) is 6.42 Å². The molecular formula is C17H25BO4. The number of hydrogen-bond donors (Lipinski definition) is 0. The van der Waals surface area contributed by atoms with Gasteiger partial charge in [-0.15, -0.1) is 0 Å². The minimum Gasteiger partial charge on any atom is -0.469 e. The van der Waals surface area contributed by atoms with Gasteiger partial charge in [-0.1, -0.05) is 31.2 Å². The van der Waals surface area contributed by atoms with Gasteiger partial charge in [0.05, 0.1) is 24.7 Å². The highest BCUT2D eigenvalue weighted by Crippen LogP contribution is 2.36. The van der Waals surface area contributed by atoms with Crippen LogP contribution < -0.4 is 5.46 Å². The van der Waals surface area contributed by atoms with Gasteiger partial charge in [-0.2, -0.15) is 0 Å². The Labute approximate surface area is 133 Å². The molecule has 2 rings (SSSR count). The Hall–Kier alpha value is -1.33. The van der Waals surface area contributed by atoms with Crippen molar-refractivity contribution in [2.75, 3.05) is 7.11 Å². The van der Waals surface area contributed by atoms with Crippen LogP contribution in [-0.4, -0.2) is 31.4 Å². The van der Waals surface area contributed by atoms with Crippen molar-refractivity contribution in [3.63, 3.8) is 0 Å². The first kappa shape index (κ1) is 17.0. The second kappa shape index (κ2) is 6.05. The Balaban J connectivity index is 2.18. The summed E-state index contributed by atoms with van der Waals surface area (Å²) in [4.78, 5) is 11.4. The van der Waals surface area contributed by atoms with Crippen molar-refractivity contribution in [1.29, 1.82) is 0 Å². The van der Waals surface area contributed by atoms with Crippen LogP contribution in [0, 0.1) is 0 Å². The Morgan fingerprint density at radius 2 is 1.82 bits per heavy atom. The molecule has 1 aliphatic heterocycles. The van der Waals surface area contributed by atoms with Crippen molar-refractivity contribution < 1.29 is 18.8 Å². The van der Waals surface area contributed by atoms with E-state index in [1.54, 1.807) is 0 Å². The van der Waals surface area contributed by atoms with Crippen LogP contribution >= 0.6 is 0 Å². The summed E-state index contributed by atoms with van der Waals surface area (Å²) < 4.78 is 16.9. The second-order valence-electron chi connectivity index (χ2n) is 6.94. The number of benzene rings is 1.